The fourth-order valence-electron chi connectivity index (χ4n) is 0.143. The third kappa shape index (κ3) is 90.9. The Hall–Kier alpha value is -2.65. The summed E-state index contributed by atoms with van der Waals surface area (Å²) in [5.74, 6) is -3.35. The summed E-state index contributed by atoms with van der Waals surface area (Å²) in [5, 5.41) is 31.1. The van der Waals surface area contributed by atoms with Gasteiger partial charge in [-0.3, -0.25) is 4.79 Å². The maximum absolute atomic E-state index is 9.55. The lowest BCUT2D eigenvalue weighted by molar-refractivity contribution is -0.749. The lowest BCUT2D eigenvalue weighted by Crippen LogP contribution is -1.91. The predicted octanol–water partition coefficient (Wildman–Crippen LogP) is -0.373. The molecule has 98 valence electrons. The van der Waals surface area contributed by atoms with Crippen molar-refractivity contribution in [3.8, 4) is 0 Å². The quantitative estimate of drug-likeness (QED) is 0.345. The van der Waals surface area contributed by atoms with Gasteiger partial charge in [-0.15, -0.1) is 10.1 Å². The van der Waals surface area contributed by atoms with Gasteiger partial charge < -0.3 is 20.2 Å². The molecule has 0 fully saturated rings. The first-order valence-electron chi connectivity index (χ1n) is 3.65. The highest BCUT2D eigenvalue weighted by molar-refractivity contribution is 5.89. The van der Waals surface area contributed by atoms with E-state index in [9.17, 15) is 9.59 Å². The minimum absolute atomic E-state index is 0.558. The monoisotopic (exact) mass is 253 g/mol. The van der Waals surface area contributed by atoms with Crippen LogP contribution >= 0.6 is 0 Å². The molecule has 0 saturated heterocycles. The molecule has 0 aliphatic rings. The van der Waals surface area contributed by atoms with E-state index in [1.54, 1.807) is 0 Å². The first-order valence-corrected chi connectivity index (χ1v) is 3.65. The maximum atomic E-state index is 9.55. The summed E-state index contributed by atoms with van der Waals surface area (Å²) in [6, 6.07) is 0. The highest BCUT2D eigenvalue weighted by Crippen LogP contribution is 1.70. The Morgan fingerprint density at radius 2 is 1.29 bits per heavy atom. The molecule has 0 heterocycles. The van der Waals surface area contributed by atoms with Gasteiger partial charge in [0.05, 0.1) is 7.11 Å². The normalized spacial score (nSPS) is 7.88. The number of nitrogens with zero attached hydrogens (tertiary/aromatic N) is 1. The number of hydrogen-bond donors (Lipinski definition) is 3. The third-order valence-electron chi connectivity index (χ3n) is 0.518. The highest BCUT2D eigenvalue weighted by atomic mass is 16.9. The second-order valence-corrected chi connectivity index (χ2v) is 1.94. The minimum Gasteiger partial charge on any atom is -0.481 e. The fourth-order valence-corrected chi connectivity index (χ4v) is 0.143. The second kappa shape index (κ2) is 13.4. The van der Waals surface area contributed by atoms with Gasteiger partial charge in [0, 0.05) is 19.1 Å². The van der Waals surface area contributed by atoms with Gasteiger partial charge in [0.1, 0.15) is 0 Å². The lowest BCUT2D eigenvalue weighted by Gasteiger charge is -1.75. The van der Waals surface area contributed by atoms with Crippen LogP contribution in [0, 0.1) is 10.1 Å². The van der Waals surface area contributed by atoms with E-state index in [-0.39, 0.29) is 0 Å². The molecule has 0 aromatic carbocycles. The molecule has 0 radical (unpaired) electrons. The van der Waals surface area contributed by atoms with Crippen molar-refractivity contribution in [2.45, 2.75) is 6.92 Å². The van der Waals surface area contributed by atoms with Gasteiger partial charge in [-0.05, 0) is 0 Å². The molecule has 0 unspecified atom stereocenters. The van der Waals surface area contributed by atoms with Crippen LogP contribution in [0.1, 0.15) is 6.92 Å². The molecule has 0 saturated carbocycles. The molecule has 10 heteroatoms. The van der Waals surface area contributed by atoms with Crippen LogP contribution in [-0.4, -0.2) is 45.4 Å². The molecular weight excluding hydrogens is 242 g/mol. The van der Waals surface area contributed by atoms with Crippen LogP contribution < -0.4 is 0 Å². The molecule has 0 rings (SSSR count). The van der Waals surface area contributed by atoms with Crippen LogP contribution in [-0.2, 0) is 19.2 Å². The van der Waals surface area contributed by atoms with E-state index in [4.69, 9.17) is 30.2 Å². The highest BCUT2D eigenvalue weighted by Gasteiger charge is 1.88. The smallest absolute Gasteiger partial charge is 0.328 e. The molecule has 0 aromatic rings. The van der Waals surface area contributed by atoms with Gasteiger partial charge in [-0.25, -0.2) is 9.59 Å². The molecule has 3 N–H and O–H groups in total. The van der Waals surface area contributed by atoms with Crippen molar-refractivity contribution in [2.75, 3.05) is 7.11 Å². The van der Waals surface area contributed by atoms with Gasteiger partial charge in [-0.2, -0.15) is 0 Å². The van der Waals surface area contributed by atoms with E-state index in [1.165, 1.54) is 0 Å². The van der Waals surface area contributed by atoms with E-state index in [2.05, 4.69) is 4.84 Å². The van der Waals surface area contributed by atoms with Crippen molar-refractivity contribution in [1.82, 2.24) is 0 Å². The van der Waals surface area contributed by atoms with Crippen LogP contribution in [0.4, 0.5) is 0 Å². The van der Waals surface area contributed by atoms with E-state index >= 15 is 0 Å². The van der Waals surface area contributed by atoms with Crippen LogP contribution in [0.5, 0.6) is 0 Å². The summed E-state index contributed by atoms with van der Waals surface area (Å²) in [7, 11) is 1.00. The van der Waals surface area contributed by atoms with Crippen LogP contribution in [0.15, 0.2) is 12.2 Å². The van der Waals surface area contributed by atoms with Crippen molar-refractivity contribution < 1.29 is 39.6 Å². The Bertz CT molecular complexity index is 276. The molecule has 0 spiro atoms. The van der Waals surface area contributed by atoms with Gasteiger partial charge in [0.2, 0.25) is 0 Å². The van der Waals surface area contributed by atoms with Crippen LogP contribution in [0.3, 0.4) is 0 Å². The van der Waals surface area contributed by atoms with E-state index < -0.39 is 23.0 Å². The fraction of sp³-hybridized carbons (Fsp3) is 0.286. The van der Waals surface area contributed by atoms with E-state index in [0.29, 0.717) is 12.2 Å². The standard InChI is InChI=1S/C4H4O4.C2H4O2.CH3NO3/c5-3(6)1-2-4(7)8;1-2(3)4;1-5-2(3)4/h1-2H,(H,5,6)(H,7,8);1H3,(H,3,4);1H3/b2-1+;;. The number of carboxylic acids is 3. The minimum atomic E-state index is -1.26. The van der Waals surface area contributed by atoms with Crippen LogP contribution in [0.25, 0.3) is 0 Å². The van der Waals surface area contributed by atoms with Gasteiger partial charge in [0.25, 0.3) is 11.1 Å². The SMILES string of the molecule is CC(=O)O.CO[N+](=O)[O-].O=C(O)/C=C/C(=O)O. The maximum Gasteiger partial charge on any atom is 0.328 e. The zero-order chi connectivity index (χ0) is 14.4. The summed E-state index contributed by atoms with van der Waals surface area (Å²) in [4.78, 5) is 40.5. The number of hydrogen-bond acceptors (Lipinski definition) is 6. The van der Waals surface area contributed by atoms with Crippen molar-refractivity contribution in [3.05, 3.63) is 22.3 Å². The number of carbonyl (C=O) groups is 3. The molecule has 0 aromatic heterocycles. The summed E-state index contributed by atoms with van der Waals surface area (Å²) < 4.78 is 0. The topological polar surface area (TPSA) is 164 Å². The van der Waals surface area contributed by atoms with E-state index in [0.717, 1.165) is 14.0 Å². The summed E-state index contributed by atoms with van der Waals surface area (Å²) in [6.07, 6.45) is 1.12. The molecular formula is C7H11NO9. The van der Waals surface area contributed by atoms with Crippen molar-refractivity contribution in [2.24, 2.45) is 0 Å². The van der Waals surface area contributed by atoms with Crippen molar-refractivity contribution in [1.29, 1.82) is 0 Å². The largest absolute Gasteiger partial charge is 0.481 e. The lowest BCUT2D eigenvalue weighted by atomic mass is 10.5. The zero-order valence-electron chi connectivity index (χ0n) is 8.89. The average Bonchev–Trinajstić information content (AvgIpc) is 2.14. The average molecular weight is 253 g/mol. The van der Waals surface area contributed by atoms with Crippen molar-refractivity contribution in [3.63, 3.8) is 0 Å². The Kier molecular flexibility index (Phi) is 15.6. The molecule has 10 nitrogen and oxygen atoms in total. The summed E-state index contributed by atoms with van der Waals surface area (Å²) in [6.45, 7) is 1.08. The Morgan fingerprint density at radius 1 is 1.12 bits per heavy atom. The summed E-state index contributed by atoms with van der Waals surface area (Å²) in [5.41, 5.74) is 0. The van der Waals surface area contributed by atoms with Gasteiger partial charge >= 0.3 is 11.9 Å². The van der Waals surface area contributed by atoms with Gasteiger partial charge in [0.15, 0.2) is 0 Å². The molecule has 0 bridgehead atoms. The second-order valence-electron chi connectivity index (χ2n) is 1.94. The Balaban J connectivity index is -0.000000188. The number of aliphatic carboxylic acids is 3. The van der Waals surface area contributed by atoms with Crippen LogP contribution in [0.2, 0.25) is 0 Å². The molecule has 0 atom stereocenters. The van der Waals surface area contributed by atoms with Crippen molar-refractivity contribution >= 4 is 17.9 Å². The predicted molar refractivity (Wildman–Crippen MR) is 51.7 cm³/mol. The molecule has 17 heavy (non-hydrogen) atoms. The molecule has 0 amide bonds. The summed E-state index contributed by atoms with van der Waals surface area (Å²) >= 11 is 0. The Labute approximate surface area is 94.8 Å². The van der Waals surface area contributed by atoms with Gasteiger partial charge in [-0.1, -0.05) is 0 Å². The molecule has 0 aliphatic carbocycles. The number of carboxylic acid groups (broad SMARTS) is 3. The number of rotatable bonds is 3. The Morgan fingerprint density at radius 3 is 1.35 bits per heavy atom. The third-order valence-corrected chi connectivity index (χ3v) is 0.518. The first-order chi connectivity index (χ1) is 7.63. The zero-order valence-corrected chi connectivity index (χ0v) is 8.89. The molecule has 0 aliphatic heterocycles. The van der Waals surface area contributed by atoms with E-state index in [1.807, 2.05) is 0 Å². The first kappa shape index (κ1) is 19.9.